The minimum absolute atomic E-state index is 0. The lowest BCUT2D eigenvalue weighted by molar-refractivity contribution is -0.116. The molecule has 0 spiro atoms. The van der Waals surface area contributed by atoms with Crippen LogP contribution in [0.1, 0.15) is 35.7 Å². The largest absolute Gasteiger partial charge is 0.384 e. The van der Waals surface area contributed by atoms with Gasteiger partial charge in [0.15, 0.2) is 0 Å². The van der Waals surface area contributed by atoms with Crippen LogP contribution in [0.3, 0.4) is 0 Å². The number of hydrogen-bond donors (Lipinski definition) is 2. The molecule has 2 amide bonds. The standard InChI is InChI=1S/C19H27N3O3.ClH/c1-14(23)22-10-5-15-11-16(3-4-17(15)22)18(24)21-12-19(13-25-2)6-8-20-9-7-19;/h3-4,11,20H,5-10,12-13H2,1-2H3,(H,21,24);1H. The van der Waals surface area contributed by atoms with Gasteiger partial charge in [-0.2, -0.15) is 0 Å². The molecular weight excluding hydrogens is 354 g/mol. The highest BCUT2D eigenvalue weighted by Gasteiger charge is 2.32. The van der Waals surface area contributed by atoms with Gasteiger partial charge in [-0.1, -0.05) is 0 Å². The van der Waals surface area contributed by atoms with Crippen LogP contribution in [0.5, 0.6) is 0 Å². The molecule has 2 aliphatic heterocycles. The van der Waals surface area contributed by atoms with Crippen molar-refractivity contribution in [3.05, 3.63) is 29.3 Å². The Morgan fingerprint density at radius 2 is 2.04 bits per heavy atom. The van der Waals surface area contributed by atoms with Gasteiger partial charge in [0.2, 0.25) is 5.91 Å². The van der Waals surface area contributed by atoms with Crippen molar-refractivity contribution < 1.29 is 14.3 Å². The van der Waals surface area contributed by atoms with Gasteiger partial charge in [-0.05, 0) is 56.1 Å². The van der Waals surface area contributed by atoms with Crippen molar-refractivity contribution in [3.8, 4) is 0 Å². The molecule has 0 saturated carbocycles. The van der Waals surface area contributed by atoms with Crippen molar-refractivity contribution in [1.29, 1.82) is 0 Å². The van der Waals surface area contributed by atoms with E-state index >= 15 is 0 Å². The number of nitrogens with one attached hydrogen (secondary N) is 2. The van der Waals surface area contributed by atoms with Crippen LogP contribution >= 0.6 is 12.4 Å². The minimum Gasteiger partial charge on any atom is -0.384 e. The maximum atomic E-state index is 12.6. The highest BCUT2D eigenvalue weighted by molar-refractivity contribution is 5.97. The number of carbonyl (C=O) groups is 2. The Kier molecular flexibility index (Phi) is 7.03. The van der Waals surface area contributed by atoms with Crippen molar-refractivity contribution in [1.82, 2.24) is 10.6 Å². The third kappa shape index (κ3) is 4.37. The van der Waals surface area contributed by atoms with Crippen molar-refractivity contribution in [2.24, 2.45) is 5.41 Å². The van der Waals surface area contributed by atoms with Crippen LogP contribution in [0.25, 0.3) is 0 Å². The van der Waals surface area contributed by atoms with Gasteiger partial charge in [0, 0.05) is 43.8 Å². The summed E-state index contributed by atoms with van der Waals surface area (Å²) in [6.07, 6.45) is 2.80. The van der Waals surface area contributed by atoms with Gasteiger partial charge in [-0.3, -0.25) is 9.59 Å². The molecule has 1 saturated heterocycles. The van der Waals surface area contributed by atoms with Crippen LogP contribution < -0.4 is 15.5 Å². The molecule has 0 radical (unpaired) electrons. The summed E-state index contributed by atoms with van der Waals surface area (Å²) < 4.78 is 5.40. The maximum Gasteiger partial charge on any atom is 0.251 e. The number of nitrogens with zero attached hydrogens (tertiary/aromatic N) is 1. The lowest BCUT2D eigenvalue weighted by Crippen LogP contribution is -2.47. The third-order valence-electron chi connectivity index (χ3n) is 5.36. The molecule has 144 valence electrons. The first kappa shape index (κ1) is 20.7. The average molecular weight is 382 g/mol. The quantitative estimate of drug-likeness (QED) is 0.815. The molecule has 2 heterocycles. The average Bonchev–Trinajstić information content (AvgIpc) is 3.04. The van der Waals surface area contributed by atoms with Crippen LogP contribution in [-0.4, -0.2) is 51.7 Å². The fourth-order valence-electron chi connectivity index (χ4n) is 3.88. The van der Waals surface area contributed by atoms with E-state index in [4.69, 9.17) is 4.74 Å². The second kappa shape index (κ2) is 8.84. The molecule has 26 heavy (non-hydrogen) atoms. The predicted octanol–water partition coefficient (Wildman–Crippen LogP) is 1.76. The highest BCUT2D eigenvalue weighted by Crippen LogP contribution is 2.30. The number of amides is 2. The van der Waals surface area contributed by atoms with Crippen molar-refractivity contribution >= 4 is 29.9 Å². The number of benzene rings is 1. The lowest BCUT2D eigenvalue weighted by Gasteiger charge is -2.37. The Balaban J connectivity index is 0.00000243. The number of rotatable bonds is 5. The molecule has 0 atom stereocenters. The minimum atomic E-state index is -0.0573. The third-order valence-corrected chi connectivity index (χ3v) is 5.36. The number of fused-ring (bicyclic) bond motifs is 1. The molecule has 6 nitrogen and oxygen atoms in total. The van der Waals surface area contributed by atoms with E-state index in [1.54, 1.807) is 25.0 Å². The normalized spacial score (nSPS) is 18.0. The Labute approximate surface area is 161 Å². The predicted molar refractivity (Wildman–Crippen MR) is 104 cm³/mol. The van der Waals surface area contributed by atoms with Gasteiger partial charge >= 0.3 is 0 Å². The Bertz CT molecular complexity index is 654. The maximum absolute atomic E-state index is 12.6. The van der Waals surface area contributed by atoms with Gasteiger partial charge in [-0.25, -0.2) is 0 Å². The summed E-state index contributed by atoms with van der Waals surface area (Å²) in [6, 6.07) is 5.61. The summed E-state index contributed by atoms with van der Waals surface area (Å²) in [5, 5.41) is 6.45. The van der Waals surface area contributed by atoms with E-state index in [0.717, 1.165) is 43.6 Å². The van der Waals surface area contributed by atoms with E-state index in [1.807, 2.05) is 12.1 Å². The van der Waals surface area contributed by atoms with Gasteiger partial charge < -0.3 is 20.3 Å². The topological polar surface area (TPSA) is 70.7 Å². The second-order valence-corrected chi connectivity index (χ2v) is 7.13. The first-order valence-electron chi connectivity index (χ1n) is 8.94. The molecule has 0 bridgehead atoms. The van der Waals surface area contributed by atoms with Gasteiger partial charge in [-0.15, -0.1) is 12.4 Å². The number of halogens is 1. The van der Waals surface area contributed by atoms with E-state index in [9.17, 15) is 9.59 Å². The SMILES string of the molecule is COCC1(CNC(=O)c2ccc3c(c2)CCN3C(C)=O)CCNCC1.Cl. The number of piperidine rings is 1. The number of hydrogen-bond acceptors (Lipinski definition) is 4. The van der Waals surface area contributed by atoms with E-state index in [2.05, 4.69) is 10.6 Å². The Morgan fingerprint density at radius 3 is 2.69 bits per heavy atom. The Morgan fingerprint density at radius 1 is 1.31 bits per heavy atom. The molecule has 2 N–H and O–H groups in total. The summed E-state index contributed by atoms with van der Waals surface area (Å²) in [6.45, 7) is 5.46. The summed E-state index contributed by atoms with van der Waals surface area (Å²) >= 11 is 0. The zero-order valence-corrected chi connectivity index (χ0v) is 16.3. The fourth-order valence-corrected chi connectivity index (χ4v) is 3.88. The number of methoxy groups -OCH3 is 1. The zero-order chi connectivity index (χ0) is 17.9. The molecule has 0 unspecified atom stereocenters. The van der Waals surface area contributed by atoms with Crippen LogP contribution in [0.15, 0.2) is 18.2 Å². The first-order valence-corrected chi connectivity index (χ1v) is 8.94. The number of ether oxygens (including phenoxy) is 1. The summed E-state index contributed by atoms with van der Waals surface area (Å²) in [7, 11) is 1.72. The number of carbonyl (C=O) groups excluding carboxylic acids is 2. The zero-order valence-electron chi connectivity index (χ0n) is 15.5. The van der Waals surface area contributed by atoms with Crippen molar-refractivity contribution in [2.45, 2.75) is 26.2 Å². The molecule has 1 aromatic rings. The van der Waals surface area contributed by atoms with Crippen molar-refractivity contribution in [2.75, 3.05) is 44.8 Å². The Hall–Kier alpha value is -1.63. The van der Waals surface area contributed by atoms with Crippen LogP contribution in [0.4, 0.5) is 5.69 Å². The van der Waals surface area contributed by atoms with E-state index < -0.39 is 0 Å². The highest BCUT2D eigenvalue weighted by atomic mass is 35.5. The van der Waals surface area contributed by atoms with E-state index in [1.165, 1.54) is 0 Å². The molecule has 0 aliphatic carbocycles. The van der Waals surface area contributed by atoms with Crippen LogP contribution in [0.2, 0.25) is 0 Å². The molecule has 3 rings (SSSR count). The molecule has 1 fully saturated rings. The molecular formula is C19H28ClN3O3. The smallest absolute Gasteiger partial charge is 0.251 e. The first-order chi connectivity index (χ1) is 12.0. The monoisotopic (exact) mass is 381 g/mol. The van der Waals surface area contributed by atoms with E-state index in [0.29, 0.717) is 25.3 Å². The van der Waals surface area contributed by atoms with Gasteiger partial charge in [0.1, 0.15) is 0 Å². The van der Waals surface area contributed by atoms with E-state index in [-0.39, 0.29) is 29.6 Å². The molecule has 7 heteroatoms. The summed E-state index contributed by atoms with van der Waals surface area (Å²) in [5.74, 6) is -0.0125. The summed E-state index contributed by atoms with van der Waals surface area (Å²) in [4.78, 5) is 26.0. The number of anilines is 1. The second-order valence-electron chi connectivity index (χ2n) is 7.13. The van der Waals surface area contributed by atoms with Gasteiger partial charge in [0.25, 0.3) is 5.91 Å². The molecule has 2 aliphatic rings. The summed E-state index contributed by atoms with van der Waals surface area (Å²) in [5.41, 5.74) is 2.66. The van der Waals surface area contributed by atoms with Gasteiger partial charge in [0.05, 0.1) is 6.61 Å². The fraction of sp³-hybridized carbons (Fsp3) is 0.579. The van der Waals surface area contributed by atoms with Crippen LogP contribution in [-0.2, 0) is 16.0 Å². The molecule has 1 aromatic carbocycles. The molecule has 0 aromatic heterocycles. The van der Waals surface area contributed by atoms with Crippen molar-refractivity contribution in [3.63, 3.8) is 0 Å². The van der Waals surface area contributed by atoms with Crippen LogP contribution in [0, 0.1) is 5.41 Å². The lowest BCUT2D eigenvalue weighted by atomic mass is 9.79.